The van der Waals surface area contributed by atoms with Crippen molar-refractivity contribution in [2.24, 2.45) is 0 Å². The Morgan fingerprint density at radius 3 is 3.06 bits per heavy atom. The van der Waals surface area contributed by atoms with E-state index in [2.05, 4.69) is 0 Å². The first kappa shape index (κ1) is 11.0. The zero-order valence-corrected chi connectivity index (χ0v) is 9.62. The molecule has 1 aliphatic rings. The van der Waals surface area contributed by atoms with Crippen molar-refractivity contribution in [3.05, 3.63) is 22.8 Å². The van der Waals surface area contributed by atoms with Crippen LogP contribution in [0.3, 0.4) is 0 Å². The highest BCUT2D eigenvalue weighted by molar-refractivity contribution is 5.59. The minimum atomic E-state index is 0.0489. The number of aldehydes is 1. The highest BCUT2D eigenvalue weighted by atomic mass is 16.5. The van der Waals surface area contributed by atoms with Crippen LogP contribution in [0.5, 0.6) is 11.5 Å². The number of benzene rings is 1. The van der Waals surface area contributed by atoms with Crippen LogP contribution in [0.15, 0.2) is 6.07 Å². The van der Waals surface area contributed by atoms with E-state index < -0.39 is 0 Å². The van der Waals surface area contributed by atoms with Crippen LogP contribution in [-0.4, -0.2) is 18.0 Å². The molecular formula is C13H16O3. The molecule has 1 atom stereocenters. The third-order valence-corrected chi connectivity index (χ3v) is 3.15. The Balaban J connectivity index is 2.53. The number of phenolic OH excluding ortho intramolecular Hbond substituents is 1. The van der Waals surface area contributed by atoms with Gasteiger partial charge in [0.1, 0.15) is 17.8 Å². The van der Waals surface area contributed by atoms with Crippen molar-refractivity contribution < 1.29 is 14.6 Å². The van der Waals surface area contributed by atoms with Crippen LogP contribution in [0.2, 0.25) is 0 Å². The largest absolute Gasteiger partial charge is 0.507 e. The molecule has 1 unspecified atom stereocenters. The molecule has 0 bridgehead atoms. The highest BCUT2D eigenvalue weighted by Crippen LogP contribution is 2.41. The maximum atomic E-state index is 10.6. The molecule has 86 valence electrons. The van der Waals surface area contributed by atoms with Gasteiger partial charge in [-0.25, -0.2) is 0 Å². The fourth-order valence-corrected chi connectivity index (χ4v) is 2.28. The van der Waals surface area contributed by atoms with Gasteiger partial charge in [-0.05, 0) is 24.5 Å². The van der Waals surface area contributed by atoms with E-state index in [0.717, 1.165) is 35.1 Å². The quantitative estimate of drug-likeness (QED) is 0.795. The maximum absolute atomic E-state index is 10.6. The Labute approximate surface area is 95.0 Å². The van der Waals surface area contributed by atoms with Gasteiger partial charge in [0.15, 0.2) is 0 Å². The second-order valence-corrected chi connectivity index (χ2v) is 4.33. The van der Waals surface area contributed by atoms with Gasteiger partial charge >= 0.3 is 0 Å². The summed E-state index contributed by atoms with van der Waals surface area (Å²) in [7, 11) is 0. The van der Waals surface area contributed by atoms with Crippen molar-refractivity contribution in [3.8, 4) is 11.5 Å². The average molecular weight is 220 g/mol. The summed E-state index contributed by atoms with van der Waals surface area (Å²) in [6, 6.07) is 1.87. The molecule has 0 spiro atoms. The molecule has 1 aromatic carbocycles. The summed E-state index contributed by atoms with van der Waals surface area (Å²) in [4.78, 5) is 10.6. The minimum absolute atomic E-state index is 0.0489. The number of hydrogen-bond acceptors (Lipinski definition) is 3. The summed E-state index contributed by atoms with van der Waals surface area (Å²) in [5.41, 5.74) is 2.77. The molecule has 0 saturated heterocycles. The number of ether oxygens (including phenoxy) is 1. The van der Waals surface area contributed by atoms with Crippen LogP contribution in [0.25, 0.3) is 0 Å². The number of fused-ring (bicyclic) bond motifs is 1. The lowest BCUT2D eigenvalue weighted by molar-refractivity contribution is -0.108. The fraction of sp³-hybridized carbons (Fsp3) is 0.462. The van der Waals surface area contributed by atoms with Gasteiger partial charge in [0.2, 0.25) is 0 Å². The summed E-state index contributed by atoms with van der Waals surface area (Å²) < 4.78 is 5.50. The van der Waals surface area contributed by atoms with Crippen molar-refractivity contribution >= 4 is 6.29 Å². The third kappa shape index (κ3) is 1.66. The Kier molecular flexibility index (Phi) is 2.86. The number of phenols is 1. The third-order valence-electron chi connectivity index (χ3n) is 3.15. The Hall–Kier alpha value is -1.51. The molecule has 3 nitrogen and oxygen atoms in total. The van der Waals surface area contributed by atoms with E-state index in [1.807, 2.05) is 19.9 Å². The molecule has 3 heteroatoms. The first-order chi connectivity index (χ1) is 7.65. The van der Waals surface area contributed by atoms with Crippen LogP contribution in [0.4, 0.5) is 0 Å². The molecule has 1 aliphatic heterocycles. The number of rotatable bonds is 3. The van der Waals surface area contributed by atoms with Gasteiger partial charge in [0, 0.05) is 24.0 Å². The lowest BCUT2D eigenvalue weighted by Crippen LogP contribution is -2.00. The standard InChI is InChI=1S/C13H16O3/c1-8(3-5-14)12-10-4-6-16-11(10)7-9(2)13(12)15/h5,7-8,15H,3-4,6H2,1-2H3. The zero-order chi connectivity index (χ0) is 11.7. The summed E-state index contributed by atoms with van der Waals surface area (Å²) in [6.07, 6.45) is 2.15. The van der Waals surface area contributed by atoms with Gasteiger partial charge in [-0.3, -0.25) is 0 Å². The normalized spacial score (nSPS) is 15.4. The lowest BCUT2D eigenvalue weighted by atomic mass is 9.89. The number of carbonyl (C=O) groups excluding carboxylic acids is 1. The molecule has 0 aromatic heterocycles. The molecule has 0 fully saturated rings. The van der Waals surface area contributed by atoms with Crippen LogP contribution in [0, 0.1) is 6.92 Å². The molecule has 2 rings (SSSR count). The number of aryl methyl sites for hydroxylation is 1. The molecule has 0 aliphatic carbocycles. The molecule has 0 amide bonds. The van der Waals surface area contributed by atoms with Gasteiger partial charge in [0.25, 0.3) is 0 Å². The van der Waals surface area contributed by atoms with Crippen molar-refractivity contribution in [1.29, 1.82) is 0 Å². The topological polar surface area (TPSA) is 46.5 Å². The van der Waals surface area contributed by atoms with Crippen molar-refractivity contribution in [2.75, 3.05) is 6.61 Å². The van der Waals surface area contributed by atoms with E-state index in [-0.39, 0.29) is 5.92 Å². The van der Waals surface area contributed by atoms with E-state index in [1.54, 1.807) is 0 Å². The zero-order valence-electron chi connectivity index (χ0n) is 9.62. The first-order valence-electron chi connectivity index (χ1n) is 5.57. The Bertz CT molecular complexity index is 424. The first-order valence-corrected chi connectivity index (χ1v) is 5.57. The Morgan fingerprint density at radius 2 is 2.38 bits per heavy atom. The van der Waals surface area contributed by atoms with E-state index in [1.165, 1.54) is 0 Å². The summed E-state index contributed by atoms with van der Waals surface area (Å²) in [6.45, 7) is 4.48. The maximum Gasteiger partial charge on any atom is 0.123 e. The van der Waals surface area contributed by atoms with Gasteiger partial charge in [-0.1, -0.05) is 6.92 Å². The predicted molar refractivity (Wildman–Crippen MR) is 61.1 cm³/mol. The van der Waals surface area contributed by atoms with Gasteiger partial charge in [-0.15, -0.1) is 0 Å². The lowest BCUT2D eigenvalue weighted by Gasteiger charge is -2.16. The van der Waals surface area contributed by atoms with E-state index in [4.69, 9.17) is 4.74 Å². The van der Waals surface area contributed by atoms with Crippen LogP contribution < -0.4 is 4.74 Å². The summed E-state index contributed by atoms with van der Waals surface area (Å²) >= 11 is 0. The number of aromatic hydroxyl groups is 1. The number of carbonyl (C=O) groups is 1. The monoisotopic (exact) mass is 220 g/mol. The Morgan fingerprint density at radius 1 is 1.62 bits per heavy atom. The molecule has 16 heavy (non-hydrogen) atoms. The molecule has 1 aromatic rings. The molecule has 1 N–H and O–H groups in total. The van der Waals surface area contributed by atoms with Crippen LogP contribution in [-0.2, 0) is 11.2 Å². The van der Waals surface area contributed by atoms with Crippen molar-refractivity contribution in [2.45, 2.75) is 32.6 Å². The van der Waals surface area contributed by atoms with Crippen molar-refractivity contribution in [1.82, 2.24) is 0 Å². The highest BCUT2D eigenvalue weighted by Gasteiger charge is 2.24. The van der Waals surface area contributed by atoms with Crippen LogP contribution in [0.1, 0.15) is 36.0 Å². The molecule has 0 saturated carbocycles. The average Bonchev–Trinajstić information content (AvgIpc) is 2.67. The summed E-state index contributed by atoms with van der Waals surface area (Å²) in [5, 5.41) is 10.1. The minimum Gasteiger partial charge on any atom is -0.507 e. The smallest absolute Gasteiger partial charge is 0.123 e. The predicted octanol–water partition coefficient (Wildman–Crippen LogP) is 2.33. The second-order valence-electron chi connectivity index (χ2n) is 4.33. The van der Waals surface area contributed by atoms with E-state index in [0.29, 0.717) is 18.8 Å². The van der Waals surface area contributed by atoms with Crippen molar-refractivity contribution in [3.63, 3.8) is 0 Å². The molecule has 1 heterocycles. The van der Waals surface area contributed by atoms with Crippen LogP contribution >= 0.6 is 0 Å². The summed E-state index contributed by atoms with van der Waals surface area (Å²) in [5.74, 6) is 1.23. The SMILES string of the molecule is Cc1cc2c(c(C(C)CC=O)c1O)CCO2. The second kappa shape index (κ2) is 4.16. The van der Waals surface area contributed by atoms with E-state index in [9.17, 15) is 9.90 Å². The number of hydrogen-bond donors (Lipinski definition) is 1. The van der Waals surface area contributed by atoms with Gasteiger partial charge in [-0.2, -0.15) is 0 Å². The van der Waals surface area contributed by atoms with Gasteiger partial charge in [0.05, 0.1) is 6.61 Å². The van der Waals surface area contributed by atoms with E-state index >= 15 is 0 Å². The van der Waals surface area contributed by atoms with Gasteiger partial charge < -0.3 is 14.6 Å². The molecule has 0 radical (unpaired) electrons. The molecular weight excluding hydrogens is 204 g/mol. The fourth-order valence-electron chi connectivity index (χ4n) is 2.28.